The molecule has 1 aliphatic heterocycles. The van der Waals surface area contributed by atoms with Crippen LogP contribution in [-0.4, -0.2) is 39.5 Å². The Labute approximate surface area is 187 Å². The molecule has 7 nitrogen and oxygen atoms in total. The topological polar surface area (TPSA) is 76.4 Å². The smallest absolute Gasteiger partial charge is 0.192 e. The van der Waals surface area contributed by atoms with Crippen molar-refractivity contribution in [2.24, 2.45) is 23.4 Å². The van der Waals surface area contributed by atoms with Gasteiger partial charge in [-0.1, -0.05) is 19.9 Å². The Bertz CT molecular complexity index is 819. The Morgan fingerprint density at radius 3 is 2.93 bits per heavy atom. The van der Waals surface area contributed by atoms with E-state index in [9.17, 15) is 0 Å². The molecule has 1 saturated heterocycles. The van der Waals surface area contributed by atoms with Crippen LogP contribution in [0.4, 0.5) is 0 Å². The fraction of sp³-hybridized carbons (Fsp3) is 0.632. The number of thiophene rings is 1. The molecule has 4 rings (SSSR count). The van der Waals surface area contributed by atoms with Crippen LogP contribution in [0.5, 0.6) is 0 Å². The molecule has 28 heavy (non-hydrogen) atoms. The second-order valence-electron chi connectivity index (χ2n) is 8.01. The average molecular weight is 516 g/mol. The zero-order chi connectivity index (χ0) is 19.0. The van der Waals surface area contributed by atoms with Crippen LogP contribution in [0.2, 0.25) is 0 Å². The van der Waals surface area contributed by atoms with E-state index < -0.39 is 0 Å². The molecule has 1 aliphatic carbocycles. The number of rotatable bonds is 5. The molecule has 0 amide bonds. The third kappa shape index (κ3) is 4.06. The second-order valence-corrected chi connectivity index (χ2v) is 9.04. The predicted octanol–water partition coefficient (Wildman–Crippen LogP) is 2.85. The molecule has 0 bridgehead atoms. The first-order valence-corrected chi connectivity index (χ1v) is 10.4. The van der Waals surface area contributed by atoms with Crippen LogP contribution in [0, 0.1) is 18.3 Å². The maximum atomic E-state index is 5.93. The summed E-state index contributed by atoms with van der Waals surface area (Å²) in [6, 6.07) is 4.57. The molecule has 3 unspecified atom stereocenters. The van der Waals surface area contributed by atoms with Crippen molar-refractivity contribution in [3.05, 3.63) is 34.0 Å². The number of guanidine groups is 1. The number of nitrogens with zero attached hydrogens (tertiary/aromatic N) is 4. The van der Waals surface area contributed by atoms with Crippen molar-refractivity contribution in [1.29, 1.82) is 0 Å². The molecule has 2 fully saturated rings. The van der Waals surface area contributed by atoms with Gasteiger partial charge in [0.2, 0.25) is 0 Å². The highest BCUT2D eigenvalue weighted by Crippen LogP contribution is 2.52. The normalized spacial score (nSPS) is 25.6. The lowest BCUT2D eigenvalue weighted by Gasteiger charge is -2.54. The first-order chi connectivity index (χ1) is 13.0. The molecule has 2 aromatic heterocycles. The maximum Gasteiger partial charge on any atom is 0.192 e. The van der Waals surface area contributed by atoms with Gasteiger partial charge in [0.15, 0.2) is 11.8 Å². The summed E-state index contributed by atoms with van der Waals surface area (Å²) in [5.41, 5.74) is 0.105. The molecular formula is C19H29IN6OS. The van der Waals surface area contributed by atoms with Gasteiger partial charge in [-0.05, 0) is 24.8 Å². The Morgan fingerprint density at radius 1 is 1.43 bits per heavy atom. The minimum absolute atomic E-state index is 0. The molecule has 0 spiro atoms. The van der Waals surface area contributed by atoms with Gasteiger partial charge in [-0.3, -0.25) is 0 Å². The molecule has 9 heteroatoms. The van der Waals surface area contributed by atoms with Crippen molar-refractivity contribution in [3.8, 4) is 0 Å². The van der Waals surface area contributed by atoms with E-state index in [-0.39, 0.29) is 29.4 Å². The van der Waals surface area contributed by atoms with E-state index in [0.29, 0.717) is 24.6 Å². The number of aliphatic imine (C=N–C) groups is 1. The standard InChI is InChI=1S/C19H28N6OS.HI/c1-12-23-24-15(25(12)4)11-21-18(20-10-13-6-5-9-27-13)22-16-14-7-8-26-17(14)19(16,2)3;/h5-6,9,14,16-17H,7-8,10-11H2,1-4H3,(H2,20,21,22);1H. The Kier molecular flexibility index (Phi) is 6.65. The molecule has 1 saturated carbocycles. The third-order valence-corrected chi connectivity index (χ3v) is 6.84. The number of hydrogen-bond acceptors (Lipinski definition) is 5. The van der Waals surface area contributed by atoms with Gasteiger partial charge >= 0.3 is 0 Å². The van der Waals surface area contributed by atoms with Crippen LogP contribution in [0.25, 0.3) is 0 Å². The Morgan fingerprint density at radius 2 is 2.25 bits per heavy atom. The molecular weight excluding hydrogens is 487 g/mol. The largest absolute Gasteiger partial charge is 0.377 e. The predicted molar refractivity (Wildman–Crippen MR) is 122 cm³/mol. The second kappa shape index (κ2) is 8.66. The molecule has 2 aliphatic rings. The Hall–Kier alpha value is -1.20. The number of hydrogen-bond donors (Lipinski definition) is 2. The van der Waals surface area contributed by atoms with E-state index in [1.54, 1.807) is 11.3 Å². The highest BCUT2D eigenvalue weighted by molar-refractivity contribution is 14.0. The van der Waals surface area contributed by atoms with Crippen LogP contribution in [0.15, 0.2) is 22.5 Å². The van der Waals surface area contributed by atoms with Crippen LogP contribution >= 0.6 is 35.3 Å². The van der Waals surface area contributed by atoms with Gasteiger partial charge in [0.05, 0.1) is 12.6 Å². The lowest BCUT2D eigenvalue weighted by atomic mass is 9.57. The van der Waals surface area contributed by atoms with Crippen molar-refractivity contribution < 1.29 is 4.74 Å². The van der Waals surface area contributed by atoms with Crippen LogP contribution < -0.4 is 10.6 Å². The van der Waals surface area contributed by atoms with Gasteiger partial charge in [0, 0.05) is 35.9 Å². The average Bonchev–Trinajstić information content (AvgIpc) is 3.37. The van der Waals surface area contributed by atoms with Gasteiger partial charge in [0.1, 0.15) is 12.4 Å². The van der Waals surface area contributed by atoms with Gasteiger partial charge < -0.3 is 19.9 Å². The number of fused-ring (bicyclic) bond motifs is 1. The summed E-state index contributed by atoms with van der Waals surface area (Å²) in [6.45, 7) is 8.63. The summed E-state index contributed by atoms with van der Waals surface area (Å²) < 4.78 is 7.91. The summed E-state index contributed by atoms with van der Waals surface area (Å²) in [5.74, 6) is 3.14. The summed E-state index contributed by atoms with van der Waals surface area (Å²) in [6.07, 6.45) is 1.47. The van der Waals surface area contributed by atoms with Crippen LogP contribution in [0.3, 0.4) is 0 Å². The zero-order valence-corrected chi connectivity index (χ0v) is 20.0. The van der Waals surface area contributed by atoms with E-state index >= 15 is 0 Å². The fourth-order valence-corrected chi connectivity index (χ4v) is 4.88. The number of ether oxygens (including phenoxy) is 1. The van der Waals surface area contributed by atoms with Gasteiger partial charge in [-0.15, -0.1) is 45.5 Å². The molecule has 3 atom stereocenters. The van der Waals surface area contributed by atoms with E-state index in [0.717, 1.165) is 37.2 Å². The SMILES string of the molecule is Cc1nnc(CN=C(NCc2cccs2)NC2C3CCOC3C2(C)C)n1C.I. The van der Waals surface area contributed by atoms with E-state index in [4.69, 9.17) is 9.73 Å². The number of halogens is 1. The quantitative estimate of drug-likeness (QED) is 0.363. The van der Waals surface area contributed by atoms with Crippen molar-refractivity contribution >= 4 is 41.3 Å². The summed E-state index contributed by atoms with van der Waals surface area (Å²) in [5, 5.41) is 17.6. The van der Waals surface area contributed by atoms with Gasteiger partial charge in [0.25, 0.3) is 0 Å². The monoisotopic (exact) mass is 516 g/mol. The Balaban J connectivity index is 0.00000225. The highest BCUT2D eigenvalue weighted by atomic mass is 127. The molecule has 2 N–H and O–H groups in total. The van der Waals surface area contributed by atoms with Crippen molar-refractivity contribution in [3.63, 3.8) is 0 Å². The van der Waals surface area contributed by atoms with Gasteiger partial charge in [-0.2, -0.15) is 0 Å². The van der Waals surface area contributed by atoms with Crippen LogP contribution in [-0.2, 0) is 24.9 Å². The van der Waals surface area contributed by atoms with E-state index in [1.807, 2.05) is 18.5 Å². The number of aromatic nitrogens is 3. The number of nitrogens with one attached hydrogen (secondary N) is 2. The van der Waals surface area contributed by atoms with E-state index in [1.165, 1.54) is 4.88 Å². The molecule has 3 heterocycles. The third-order valence-electron chi connectivity index (χ3n) is 5.96. The molecule has 0 aromatic carbocycles. The fourth-order valence-electron chi connectivity index (χ4n) is 4.24. The summed E-state index contributed by atoms with van der Waals surface area (Å²) in [4.78, 5) is 6.09. The lowest BCUT2D eigenvalue weighted by Crippen LogP contribution is -2.67. The van der Waals surface area contributed by atoms with Crippen molar-refractivity contribution in [2.45, 2.75) is 52.4 Å². The minimum atomic E-state index is 0. The van der Waals surface area contributed by atoms with E-state index in [2.05, 4.69) is 52.2 Å². The lowest BCUT2D eigenvalue weighted by molar-refractivity contribution is -0.106. The molecule has 0 radical (unpaired) electrons. The van der Waals surface area contributed by atoms with Crippen LogP contribution in [0.1, 0.15) is 36.8 Å². The molecule has 154 valence electrons. The minimum Gasteiger partial charge on any atom is -0.377 e. The summed E-state index contributed by atoms with van der Waals surface area (Å²) in [7, 11) is 1.97. The van der Waals surface area contributed by atoms with Crippen molar-refractivity contribution in [1.82, 2.24) is 25.4 Å². The maximum absolute atomic E-state index is 5.93. The first kappa shape index (κ1) is 21.5. The number of aryl methyl sites for hydroxylation is 1. The van der Waals surface area contributed by atoms with Gasteiger partial charge in [-0.25, -0.2) is 4.99 Å². The summed E-state index contributed by atoms with van der Waals surface area (Å²) >= 11 is 1.75. The first-order valence-electron chi connectivity index (χ1n) is 9.50. The zero-order valence-electron chi connectivity index (χ0n) is 16.8. The highest BCUT2D eigenvalue weighted by Gasteiger charge is 2.59. The molecule has 2 aromatic rings. The van der Waals surface area contributed by atoms with Crippen molar-refractivity contribution in [2.75, 3.05) is 6.61 Å².